The van der Waals surface area contributed by atoms with Crippen LogP contribution in [0.1, 0.15) is 13.8 Å². The average molecular weight is 174 g/mol. The summed E-state index contributed by atoms with van der Waals surface area (Å²) in [4.78, 5) is 10.6. The van der Waals surface area contributed by atoms with E-state index in [9.17, 15) is 4.79 Å². The molecule has 4 heteroatoms. The Hall–Kier alpha value is -0.510. The molecule has 0 spiro atoms. The van der Waals surface area contributed by atoms with Crippen LogP contribution in [0.4, 0.5) is 0 Å². The molecule has 2 unspecified atom stereocenters. The summed E-state index contributed by atoms with van der Waals surface area (Å²) in [5, 5.41) is 9.56. The van der Waals surface area contributed by atoms with Gasteiger partial charge >= 0.3 is 11.0 Å². The van der Waals surface area contributed by atoms with Crippen LogP contribution in [0, 0.1) is 0 Å². The average Bonchev–Trinajstić information content (AvgIpc) is 2.17. The van der Waals surface area contributed by atoms with E-state index < -0.39 is 5.97 Å². The maximum absolute atomic E-state index is 10.6. The Bertz CT molecular complexity index is 224. The van der Waals surface area contributed by atoms with Crippen molar-refractivity contribution in [2.24, 2.45) is 0 Å². The highest BCUT2D eigenvalue weighted by molar-refractivity contribution is 8.16. The Morgan fingerprint density at radius 3 is 2.36 bits per heavy atom. The number of carbonyl (C=O) groups is 1. The smallest absolute Gasteiger partial charge is 0.408 e. The van der Waals surface area contributed by atoms with Crippen molar-refractivity contribution in [3.8, 4) is 0 Å². The zero-order valence-corrected chi connectivity index (χ0v) is 7.68. The van der Waals surface area contributed by atoms with Crippen LogP contribution in [-0.2, 0) is 4.79 Å². The van der Waals surface area contributed by atoms with Gasteiger partial charge in [0.05, 0.1) is 5.25 Å². The van der Waals surface area contributed by atoms with Gasteiger partial charge in [-0.3, -0.25) is 0 Å². The molecule has 1 heterocycles. The minimum Gasteiger partial charge on any atom is -0.473 e. The molecule has 1 N–H and O–H groups in total. The molecule has 0 aromatic heterocycles. The molecule has 0 aromatic carbocycles. The lowest BCUT2D eigenvalue weighted by atomic mass is 10.2. The summed E-state index contributed by atoms with van der Waals surface area (Å²) in [6, 6.07) is 0.325. The minimum absolute atomic E-state index is 0.325. The molecule has 1 rings (SSSR count). The quantitative estimate of drug-likeness (QED) is 0.593. The van der Waals surface area contributed by atoms with Crippen molar-refractivity contribution in [3.05, 3.63) is 0 Å². The molecule has 1 aliphatic rings. The molecule has 0 amide bonds. The molecule has 0 saturated heterocycles. The van der Waals surface area contributed by atoms with Gasteiger partial charge in [0.1, 0.15) is 7.05 Å². The minimum atomic E-state index is -0.811. The lowest BCUT2D eigenvalue weighted by Crippen LogP contribution is -2.25. The van der Waals surface area contributed by atoms with E-state index in [4.69, 9.17) is 5.11 Å². The monoisotopic (exact) mass is 174 g/mol. The predicted octanol–water partition coefficient (Wildman–Crippen LogP) is 0.636. The van der Waals surface area contributed by atoms with E-state index in [1.54, 1.807) is 0 Å². The first-order valence-electron chi connectivity index (χ1n) is 3.53. The molecule has 3 nitrogen and oxygen atoms in total. The number of thioether (sulfide) groups is 1. The first kappa shape index (κ1) is 8.59. The summed E-state index contributed by atoms with van der Waals surface area (Å²) in [6.45, 7) is 4.08. The van der Waals surface area contributed by atoms with Crippen molar-refractivity contribution in [2.45, 2.75) is 25.1 Å². The van der Waals surface area contributed by atoms with E-state index in [0.717, 1.165) is 0 Å². The summed E-state index contributed by atoms with van der Waals surface area (Å²) in [6.07, 6.45) is 0. The Labute approximate surface area is 70.1 Å². The number of aliphatic carboxylic acids is 1. The van der Waals surface area contributed by atoms with Crippen LogP contribution in [0.3, 0.4) is 0 Å². The normalized spacial score (nSPS) is 31.2. The maximum Gasteiger partial charge on any atom is 0.408 e. The van der Waals surface area contributed by atoms with Crippen molar-refractivity contribution in [1.82, 2.24) is 0 Å². The van der Waals surface area contributed by atoms with Gasteiger partial charge in [-0.2, -0.15) is 0 Å². The fourth-order valence-electron chi connectivity index (χ4n) is 1.06. The predicted molar refractivity (Wildman–Crippen MR) is 45.3 cm³/mol. The number of rotatable bonds is 1. The van der Waals surface area contributed by atoms with Crippen molar-refractivity contribution in [1.29, 1.82) is 0 Å². The molecule has 0 radical (unpaired) electrons. The second-order valence-electron chi connectivity index (χ2n) is 2.78. The largest absolute Gasteiger partial charge is 0.473 e. The van der Waals surface area contributed by atoms with Crippen LogP contribution < -0.4 is 0 Å². The van der Waals surface area contributed by atoms with Gasteiger partial charge in [-0.15, -0.1) is 0 Å². The molecule has 0 fully saturated rings. The molecule has 0 saturated carbocycles. The molecule has 11 heavy (non-hydrogen) atoms. The molecule has 0 aromatic rings. The van der Waals surface area contributed by atoms with Crippen molar-refractivity contribution >= 4 is 22.8 Å². The van der Waals surface area contributed by atoms with Gasteiger partial charge in [0, 0.05) is 0 Å². The van der Waals surface area contributed by atoms with Crippen molar-refractivity contribution in [3.63, 3.8) is 0 Å². The van der Waals surface area contributed by atoms with Gasteiger partial charge in [0.2, 0.25) is 0 Å². The molecule has 0 aliphatic carbocycles. The van der Waals surface area contributed by atoms with E-state index in [1.807, 2.05) is 25.5 Å². The fraction of sp³-hybridized carbons (Fsp3) is 0.714. The number of carboxylic acid groups (broad SMARTS) is 1. The van der Waals surface area contributed by atoms with Crippen LogP contribution >= 0.6 is 11.8 Å². The molecular formula is C7H12NO2S+. The van der Waals surface area contributed by atoms with Gasteiger partial charge in [-0.1, -0.05) is 0 Å². The molecule has 0 bridgehead atoms. The van der Waals surface area contributed by atoms with Crippen LogP contribution in [0.25, 0.3) is 0 Å². The summed E-state index contributed by atoms with van der Waals surface area (Å²) in [7, 11) is 1.82. The number of carboxylic acids is 1. The molecule has 62 valence electrons. The summed E-state index contributed by atoms with van der Waals surface area (Å²) >= 11 is 1.43. The van der Waals surface area contributed by atoms with Crippen LogP contribution in [-0.4, -0.2) is 39.0 Å². The van der Waals surface area contributed by atoms with Gasteiger partial charge in [-0.05, 0) is 25.6 Å². The third kappa shape index (κ3) is 1.40. The third-order valence-corrected chi connectivity index (χ3v) is 3.54. The van der Waals surface area contributed by atoms with Crippen molar-refractivity contribution < 1.29 is 14.5 Å². The second kappa shape index (κ2) is 2.85. The van der Waals surface area contributed by atoms with Gasteiger partial charge in [-0.25, -0.2) is 9.37 Å². The Morgan fingerprint density at radius 1 is 1.64 bits per heavy atom. The van der Waals surface area contributed by atoms with Crippen LogP contribution in [0.5, 0.6) is 0 Å². The van der Waals surface area contributed by atoms with E-state index in [1.165, 1.54) is 11.8 Å². The lowest BCUT2D eigenvalue weighted by molar-refractivity contribution is -0.526. The SMILES string of the molecule is CC1SC(C(=O)O)=[N+](C)C1C. The van der Waals surface area contributed by atoms with Gasteiger partial charge < -0.3 is 5.11 Å². The first-order valence-corrected chi connectivity index (χ1v) is 4.41. The van der Waals surface area contributed by atoms with Crippen LogP contribution in [0.15, 0.2) is 0 Å². The highest BCUT2D eigenvalue weighted by Crippen LogP contribution is 2.24. The Morgan fingerprint density at radius 2 is 2.18 bits per heavy atom. The lowest BCUT2D eigenvalue weighted by Gasteiger charge is -2.02. The maximum atomic E-state index is 10.6. The van der Waals surface area contributed by atoms with E-state index in [-0.39, 0.29) is 0 Å². The number of hydrogen-bond acceptors (Lipinski definition) is 2. The summed E-state index contributed by atoms with van der Waals surface area (Å²) in [5.74, 6) is -0.811. The first-order chi connectivity index (χ1) is 5.04. The summed E-state index contributed by atoms with van der Waals surface area (Å²) in [5.41, 5.74) is 0. The Kier molecular flexibility index (Phi) is 2.23. The highest BCUT2D eigenvalue weighted by atomic mass is 32.2. The highest BCUT2D eigenvalue weighted by Gasteiger charge is 2.38. The fourth-order valence-corrected chi connectivity index (χ4v) is 2.22. The number of hydrogen-bond donors (Lipinski definition) is 1. The second-order valence-corrected chi connectivity index (χ2v) is 4.15. The number of nitrogens with zero attached hydrogens (tertiary/aromatic N) is 1. The van der Waals surface area contributed by atoms with E-state index >= 15 is 0 Å². The van der Waals surface area contributed by atoms with E-state index in [2.05, 4.69) is 0 Å². The zero-order chi connectivity index (χ0) is 8.59. The standard InChI is InChI=1S/C7H11NO2S/c1-4-5(2)11-6(7(9)10)8(4)3/h4-5H,1-3H3/p+1. The topological polar surface area (TPSA) is 40.3 Å². The van der Waals surface area contributed by atoms with Crippen LogP contribution in [0.2, 0.25) is 0 Å². The molecular weight excluding hydrogens is 162 g/mol. The van der Waals surface area contributed by atoms with E-state index in [0.29, 0.717) is 16.3 Å². The molecule has 2 atom stereocenters. The zero-order valence-electron chi connectivity index (χ0n) is 6.87. The van der Waals surface area contributed by atoms with Gasteiger partial charge in [0.25, 0.3) is 0 Å². The van der Waals surface area contributed by atoms with Crippen molar-refractivity contribution in [2.75, 3.05) is 7.05 Å². The van der Waals surface area contributed by atoms with Gasteiger partial charge in [0.15, 0.2) is 6.04 Å². The summed E-state index contributed by atoms with van der Waals surface area (Å²) < 4.78 is 1.82. The third-order valence-electron chi connectivity index (χ3n) is 2.09. The Balaban J connectivity index is 2.89. The molecule has 1 aliphatic heterocycles.